The van der Waals surface area contributed by atoms with Crippen molar-refractivity contribution in [1.29, 1.82) is 0 Å². The van der Waals surface area contributed by atoms with Crippen LogP contribution in [0.3, 0.4) is 0 Å². The van der Waals surface area contributed by atoms with E-state index in [1.54, 1.807) is 0 Å². The Labute approximate surface area is 242 Å². The molecule has 0 fully saturated rings. The first kappa shape index (κ1) is 24.4. The van der Waals surface area contributed by atoms with Crippen molar-refractivity contribution in [3.8, 4) is 22.9 Å². The number of fused-ring (bicyclic) bond motifs is 3. The van der Waals surface area contributed by atoms with Crippen molar-refractivity contribution in [3.05, 3.63) is 132 Å². The average molecular weight is 548 g/mol. The monoisotopic (exact) mass is 547 g/mol. The highest BCUT2D eigenvalue weighted by atomic mass is 16.4. The molecule has 0 atom stereocenters. The van der Waals surface area contributed by atoms with Crippen molar-refractivity contribution in [2.75, 3.05) is 0 Å². The molecule has 1 N–H and O–H groups in total. The number of aryl methyl sites for hydroxylation is 3. The van der Waals surface area contributed by atoms with E-state index in [0.29, 0.717) is 11.8 Å². The fraction of sp³-hybridized carbons (Fsp3) is 0.111. The van der Waals surface area contributed by atoms with E-state index in [1.807, 2.05) is 19.1 Å². The Hall–Kier alpha value is -5.36. The van der Waals surface area contributed by atoms with E-state index < -0.39 is 0 Å². The highest BCUT2D eigenvalue weighted by Gasteiger charge is 2.25. The van der Waals surface area contributed by atoms with Crippen LogP contribution in [0.25, 0.3) is 55.6 Å². The van der Waals surface area contributed by atoms with Gasteiger partial charge in [-0.25, -0.2) is 0 Å². The van der Waals surface area contributed by atoms with Crippen LogP contribution in [0.5, 0.6) is 0 Å². The number of nitrogens with zero attached hydrogens (tertiary/aromatic N) is 4. The van der Waals surface area contributed by atoms with Crippen LogP contribution in [0.15, 0.2) is 114 Å². The van der Waals surface area contributed by atoms with Crippen LogP contribution in [0.4, 0.5) is 0 Å². The molecule has 4 heterocycles. The van der Waals surface area contributed by atoms with E-state index in [4.69, 9.17) is 4.42 Å². The molecule has 4 aromatic heterocycles. The van der Waals surface area contributed by atoms with E-state index in [9.17, 15) is 0 Å². The molecule has 42 heavy (non-hydrogen) atoms. The van der Waals surface area contributed by atoms with E-state index in [2.05, 4.69) is 136 Å². The summed E-state index contributed by atoms with van der Waals surface area (Å²) in [6, 6.07) is 34.0. The fourth-order valence-corrected chi connectivity index (χ4v) is 6.54. The molecular formula is C36H29N5O. The smallest absolute Gasteiger partial charge is 0.250 e. The maximum atomic E-state index is 6.25. The lowest BCUT2D eigenvalue weighted by Gasteiger charge is -2.18. The Morgan fingerprint density at radius 2 is 1.19 bits per heavy atom. The molecule has 0 unspecified atom stereocenters. The molecule has 6 nitrogen and oxygen atoms in total. The van der Waals surface area contributed by atoms with Crippen LogP contribution in [-0.4, -0.2) is 24.3 Å². The van der Waals surface area contributed by atoms with E-state index in [-0.39, 0.29) is 5.92 Å². The molecule has 8 rings (SSSR count). The Morgan fingerprint density at radius 3 is 1.83 bits per heavy atom. The molecule has 4 aromatic carbocycles. The van der Waals surface area contributed by atoms with Gasteiger partial charge in [-0.05, 0) is 53.9 Å². The summed E-state index contributed by atoms with van der Waals surface area (Å²) < 4.78 is 10.7. The Kier molecular flexibility index (Phi) is 5.44. The van der Waals surface area contributed by atoms with Crippen molar-refractivity contribution in [3.63, 3.8) is 0 Å². The van der Waals surface area contributed by atoms with Gasteiger partial charge in [0, 0.05) is 76.4 Å². The lowest BCUT2D eigenvalue weighted by atomic mass is 9.84. The summed E-state index contributed by atoms with van der Waals surface area (Å²) in [7, 11) is 4.25. The molecule has 0 aliphatic carbocycles. The summed E-state index contributed by atoms with van der Waals surface area (Å²) in [6.07, 6.45) is 4.55. The average Bonchev–Trinajstić information content (AvgIpc) is 3.78. The molecule has 0 radical (unpaired) electrons. The number of benzene rings is 4. The predicted octanol–water partition coefficient (Wildman–Crippen LogP) is 8.36. The van der Waals surface area contributed by atoms with Crippen LogP contribution in [0.2, 0.25) is 0 Å². The molecule has 0 aliphatic rings. The first-order valence-electron chi connectivity index (χ1n) is 14.2. The van der Waals surface area contributed by atoms with Gasteiger partial charge >= 0.3 is 0 Å². The summed E-state index contributed by atoms with van der Waals surface area (Å²) in [6.45, 7) is 2.04. The molecule has 0 saturated heterocycles. The SMILES string of the molecule is Cc1[nH]c2ccccc2c1-c1nnc(-c2ccc(C(c3cn(C)c4ccccc34)c3cn(C)c4ccccc34)cc2)o1. The van der Waals surface area contributed by atoms with Crippen molar-refractivity contribution >= 4 is 32.7 Å². The zero-order chi connectivity index (χ0) is 28.4. The summed E-state index contributed by atoms with van der Waals surface area (Å²) in [5.74, 6) is 1.07. The fourth-order valence-electron chi connectivity index (χ4n) is 6.54. The van der Waals surface area contributed by atoms with Crippen molar-refractivity contribution < 1.29 is 4.42 Å². The molecule has 8 aromatic rings. The zero-order valence-corrected chi connectivity index (χ0v) is 23.7. The first-order chi connectivity index (χ1) is 20.6. The number of para-hydroxylation sites is 3. The number of H-pyrrole nitrogens is 1. The standard InChI is InChI=1S/C36H29N5O/c1-22-33(27-12-4-7-13-30(27)37-22)36-39-38-35(42-36)24-18-16-23(17-19-24)34(28-20-40(2)31-14-8-5-10-25(28)31)29-21-41(3)32-15-9-6-11-26(29)32/h4-21,34,37H,1-3H3. The van der Waals surface area contributed by atoms with Crippen LogP contribution < -0.4 is 0 Å². The molecule has 0 aliphatic heterocycles. The minimum Gasteiger partial charge on any atom is -0.416 e. The lowest BCUT2D eigenvalue weighted by molar-refractivity contribution is 0.584. The van der Waals surface area contributed by atoms with Gasteiger partial charge in [0.05, 0.1) is 5.56 Å². The maximum absolute atomic E-state index is 6.25. The third kappa shape index (κ3) is 3.72. The third-order valence-corrected chi connectivity index (χ3v) is 8.50. The normalized spacial score (nSPS) is 11.9. The number of aromatic amines is 1. The lowest BCUT2D eigenvalue weighted by Crippen LogP contribution is -2.03. The zero-order valence-electron chi connectivity index (χ0n) is 23.7. The molecule has 0 amide bonds. The number of aromatic nitrogens is 5. The summed E-state index contributed by atoms with van der Waals surface area (Å²) in [5.41, 5.74) is 10.1. The quantitative estimate of drug-likeness (QED) is 0.235. The molecule has 0 bridgehead atoms. The van der Waals surface area contributed by atoms with Gasteiger partial charge < -0.3 is 18.5 Å². The second-order valence-corrected chi connectivity index (χ2v) is 11.1. The van der Waals surface area contributed by atoms with E-state index in [1.165, 1.54) is 38.5 Å². The molecular weight excluding hydrogens is 518 g/mol. The van der Waals surface area contributed by atoms with Crippen molar-refractivity contribution in [1.82, 2.24) is 24.3 Å². The number of rotatable bonds is 5. The second-order valence-electron chi connectivity index (χ2n) is 11.1. The van der Waals surface area contributed by atoms with Gasteiger partial charge in [-0.1, -0.05) is 66.7 Å². The van der Waals surface area contributed by atoms with Gasteiger partial charge in [-0.3, -0.25) is 0 Å². The van der Waals surface area contributed by atoms with Crippen LogP contribution in [0.1, 0.15) is 28.3 Å². The van der Waals surface area contributed by atoms with Gasteiger partial charge in [0.15, 0.2) is 0 Å². The highest BCUT2D eigenvalue weighted by Crippen LogP contribution is 2.41. The first-order valence-corrected chi connectivity index (χ1v) is 14.2. The van der Waals surface area contributed by atoms with Gasteiger partial charge in [-0.15, -0.1) is 10.2 Å². The molecule has 0 saturated carbocycles. The summed E-state index contributed by atoms with van der Waals surface area (Å²) >= 11 is 0. The van der Waals surface area contributed by atoms with Gasteiger partial charge in [-0.2, -0.15) is 0 Å². The minimum absolute atomic E-state index is 0.0448. The Balaban J connectivity index is 1.24. The summed E-state index contributed by atoms with van der Waals surface area (Å²) in [4.78, 5) is 3.42. The van der Waals surface area contributed by atoms with Crippen molar-refractivity contribution in [2.45, 2.75) is 12.8 Å². The van der Waals surface area contributed by atoms with Crippen LogP contribution >= 0.6 is 0 Å². The third-order valence-electron chi connectivity index (χ3n) is 8.50. The van der Waals surface area contributed by atoms with Crippen LogP contribution in [-0.2, 0) is 14.1 Å². The van der Waals surface area contributed by atoms with Gasteiger partial charge in [0.1, 0.15) is 0 Å². The minimum atomic E-state index is 0.0448. The second kappa shape index (κ2) is 9.35. The van der Waals surface area contributed by atoms with E-state index >= 15 is 0 Å². The number of hydrogen-bond acceptors (Lipinski definition) is 3. The topological polar surface area (TPSA) is 64.6 Å². The Morgan fingerprint density at radius 1 is 0.643 bits per heavy atom. The van der Waals surface area contributed by atoms with E-state index in [0.717, 1.165) is 27.7 Å². The summed E-state index contributed by atoms with van der Waals surface area (Å²) in [5, 5.41) is 12.5. The largest absolute Gasteiger partial charge is 0.416 e. The number of hydrogen-bond donors (Lipinski definition) is 1. The van der Waals surface area contributed by atoms with Gasteiger partial charge in [0.25, 0.3) is 5.89 Å². The number of nitrogens with one attached hydrogen (secondary N) is 1. The molecule has 6 heteroatoms. The Bertz CT molecular complexity index is 2160. The molecule has 204 valence electrons. The van der Waals surface area contributed by atoms with Crippen molar-refractivity contribution in [2.24, 2.45) is 14.1 Å². The highest BCUT2D eigenvalue weighted by molar-refractivity contribution is 5.95. The molecule has 0 spiro atoms. The van der Waals surface area contributed by atoms with Gasteiger partial charge in [0.2, 0.25) is 5.89 Å². The predicted molar refractivity (Wildman–Crippen MR) is 169 cm³/mol. The maximum Gasteiger partial charge on any atom is 0.250 e. The van der Waals surface area contributed by atoms with Crippen LogP contribution in [0, 0.1) is 6.92 Å².